The monoisotopic (exact) mass is 392 g/mol. The molecule has 1 heterocycles. The largest absolute Gasteiger partial charge is 0.450 e. The van der Waals surface area contributed by atoms with E-state index in [1.165, 1.54) is 25.7 Å². The van der Waals surface area contributed by atoms with E-state index in [0.29, 0.717) is 26.4 Å². The number of unbranched alkanes of at least 4 members (excludes halogenated alkanes) is 5. The van der Waals surface area contributed by atoms with Crippen molar-refractivity contribution in [2.45, 2.75) is 57.6 Å². The SMILES string of the molecule is CCCCCCCCOC(=O)N[C@@H](CN1CCOCC1)[C@@H](O)c1ccccc1. The second-order valence-electron chi connectivity index (χ2n) is 7.42. The van der Waals surface area contributed by atoms with E-state index in [4.69, 9.17) is 9.47 Å². The third-order valence-corrected chi connectivity index (χ3v) is 5.12. The number of nitrogens with one attached hydrogen (secondary N) is 1. The molecule has 0 bridgehead atoms. The summed E-state index contributed by atoms with van der Waals surface area (Å²) in [5, 5.41) is 13.7. The van der Waals surface area contributed by atoms with Crippen LogP contribution < -0.4 is 5.32 Å². The van der Waals surface area contributed by atoms with Crippen molar-refractivity contribution in [2.75, 3.05) is 39.5 Å². The Bertz CT molecular complexity index is 535. The van der Waals surface area contributed by atoms with Crippen LogP contribution in [0.4, 0.5) is 4.79 Å². The van der Waals surface area contributed by atoms with Gasteiger partial charge < -0.3 is 19.9 Å². The van der Waals surface area contributed by atoms with Gasteiger partial charge in [-0.25, -0.2) is 4.79 Å². The van der Waals surface area contributed by atoms with Crippen LogP contribution >= 0.6 is 0 Å². The molecular formula is C22H36N2O4. The number of alkyl carbamates (subject to hydrolysis) is 1. The van der Waals surface area contributed by atoms with Gasteiger partial charge >= 0.3 is 6.09 Å². The molecule has 2 atom stereocenters. The van der Waals surface area contributed by atoms with E-state index in [0.717, 1.165) is 31.5 Å². The third kappa shape index (κ3) is 8.59. The summed E-state index contributed by atoms with van der Waals surface area (Å²) >= 11 is 0. The molecule has 1 fully saturated rings. The summed E-state index contributed by atoms with van der Waals surface area (Å²) in [7, 11) is 0. The van der Waals surface area contributed by atoms with Gasteiger partial charge in [0.15, 0.2) is 0 Å². The van der Waals surface area contributed by atoms with Gasteiger partial charge in [0.1, 0.15) is 6.10 Å². The van der Waals surface area contributed by atoms with Crippen LogP contribution in [0.2, 0.25) is 0 Å². The highest BCUT2D eigenvalue weighted by Crippen LogP contribution is 2.18. The van der Waals surface area contributed by atoms with E-state index in [1.807, 2.05) is 30.3 Å². The first-order chi connectivity index (χ1) is 13.7. The molecule has 2 N–H and O–H groups in total. The first-order valence-corrected chi connectivity index (χ1v) is 10.7. The van der Waals surface area contributed by atoms with Crippen molar-refractivity contribution >= 4 is 6.09 Å². The zero-order chi connectivity index (χ0) is 20.0. The van der Waals surface area contributed by atoms with E-state index in [9.17, 15) is 9.90 Å². The number of amides is 1. The number of ether oxygens (including phenoxy) is 2. The molecule has 6 heteroatoms. The predicted octanol–water partition coefficient (Wildman–Crippen LogP) is 3.51. The highest BCUT2D eigenvalue weighted by molar-refractivity contribution is 5.67. The van der Waals surface area contributed by atoms with Crippen molar-refractivity contribution in [3.8, 4) is 0 Å². The Morgan fingerprint density at radius 2 is 1.82 bits per heavy atom. The lowest BCUT2D eigenvalue weighted by molar-refractivity contribution is 0.0196. The lowest BCUT2D eigenvalue weighted by Crippen LogP contribution is -2.50. The summed E-state index contributed by atoms with van der Waals surface area (Å²) in [5.74, 6) is 0. The lowest BCUT2D eigenvalue weighted by Gasteiger charge is -2.32. The number of hydrogen-bond acceptors (Lipinski definition) is 5. The molecule has 0 saturated carbocycles. The minimum Gasteiger partial charge on any atom is -0.450 e. The van der Waals surface area contributed by atoms with Crippen molar-refractivity contribution in [3.05, 3.63) is 35.9 Å². The molecule has 0 spiro atoms. The maximum absolute atomic E-state index is 12.3. The number of benzene rings is 1. The quantitative estimate of drug-likeness (QED) is 0.533. The van der Waals surface area contributed by atoms with E-state index >= 15 is 0 Å². The summed E-state index contributed by atoms with van der Waals surface area (Å²) < 4.78 is 10.7. The normalized spacial score (nSPS) is 17.1. The topological polar surface area (TPSA) is 71.0 Å². The van der Waals surface area contributed by atoms with E-state index in [1.54, 1.807) is 0 Å². The smallest absolute Gasteiger partial charge is 0.407 e. The maximum atomic E-state index is 12.3. The minimum atomic E-state index is -0.786. The van der Waals surface area contributed by atoms with Gasteiger partial charge in [0.05, 0.1) is 25.9 Å². The number of morpholine rings is 1. The first-order valence-electron chi connectivity index (χ1n) is 10.7. The van der Waals surface area contributed by atoms with Gasteiger partial charge in [-0.05, 0) is 12.0 Å². The summed E-state index contributed by atoms with van der Waals surface area (Å²) in [6, 6.07) is 9.01. The molecule has 1 saturated heterocycles. The Morgan fingerprint density at radius 3 is 2.54 bits per heavy atom. The Labute approximate surface area is 169 Å². The Hall–Kier alpha value is -1.63. The average Bonchev–Trinajstić information content (AvgIpc) is 2.73. The average molecular weight is 393 g/mol. The zero-order valence-corrected chi connectivity index (χ0v) is 17.1. The Balaban J connectivity index is 1.81. The molecule has 0 unspecified atom stereocenters. The van der Waals surface area contributed by atoms with Gasteiger partial charge in [-0.1, -0.05) is 69.4 Å². The van der Waals surface area contributed by atoms with Crippen molar-refractivity contribution in [2.24, 2.45) is 0 Å². The molecule has 28 heavy (non-hydrogen) atoms. The van der Waals surface area contributed by atoms with Crippen LogP contribution in [0, 0.1) is 0 Å². The standard InChI is InChI=1S/C22H36N2O4/c1-2-3-4-5-6-10-15-28-22(26)23-20(18-24-13-16-27-17-14-24)21(25)19-11-8-7-9-12-19/h7-9,11-12,20-21,25H,2-6,10,13-18H2,1H3,(H,23,26)/t20-,21-/m0/s1. The van der Waals surface area contributed by atoms with Crippen LogP contribution in [0.5, 0.6) is 0 Å². The zero-order valence-electron chi connectivity index (χ0n) is 17.1. The molecule has 6 nitrogen and oxygen atoms in total. The molecule has 1 aliphatic heterocycles. The van der Waals surface area contributed by atoms with E-state index in [2.05, 4.69) is 17.1 Å². The number of aliphatic hydroxyl groups is 1. The molecule has 158 valence electrons. The van der Waals surface area contributed by atoms with Gasteiger partial charge in [0.25, 0.3) is 0 Å². The third-order valence-electron chi connectivity index (χ3n) is 5.12. The van der Waals surface area contributed by atoms with Gasteiger partial charge in [-0.15, -0.1) is 0 Å². The second kappa shape index (κ2) is 13.5. The fourth-order valence-corrected chi connectivity index (χ4v) is 3.41. The van der Waals surface area contributed by atoms with Crippen LogP contribution in [-0.4, -0.2) is 61.6 Å². The van der Waals surface area contributed by atoms with Crippen LogP contribution in [0.15, 0.2) is 30.3 Å². The minimum absolute atomic E-state index is 0.420. The van der Waals surface area contributed by atoms with Crippen molar-refractivity contribution < 1.29 is 19.4 Å². The van der Waals surface area contributed by atoms with Gasteiger partial charge in [-0.2, -0.15) is 0 Å². The molecule has 1 aliphatic rings. The highest BCUT2D eigenvalue weighted by Gasteiger charge is 2.26. The second-order valence-corrected chi connectivity index (χ2v) is 7.42. The fourth-order valence-electron chi connectivity index (χ4n) is 3.41. The summed E-state index contributed by atoms with van der Waals surface area (Å²) in [6.45, 7) is 6.13. The molecular weight excluding hydrogens is 356 g/mol. The van der Waals surface area contributed by atoms with Crippen LogP contribution in [0.25, 0.3) is 0 Å². The molecule has 0 radical (unpaired) electrons. The molecule has 1 aromatic rings. The lowest BCUT2D eigenvalue weighted by atomic mass is 10.0. The summed E-state index contributed by atoms with van der Waals surface area (Å²) in [5.41, 5.74) is 0.789. The van der Waals surface area contributed by atoms with E-state index < -0.39 is 18.2 Å². The molecule has 0 aliphatic carbocycles. The van der Waals surface area contributed by atoms with Gasteiger partial charge in [0, 0.05) is 19.6 Å². The molecule has 1 aromatic carbocycles. The molecule has 2 rings (SSSR count). The van der Waals surface area contributed by atoms with Crippen LogP contribution in [0.3, 0.4) is 0 Å². The van der Waals surface area contributed by atoms with Gasteiger partial charge in [-0.3, -0.25) is 4.90 Å². The molecule has 1 amide bonds. The van der Waals surface area contributed by atoms with Gasteiger partial charge in [0.2, 0.25) is 0 Å². The Morgan fingerprint density at radius 1 is 1.14 bits per heavy atom. The number of hydrogen-bond donors (Lipinski definition) is 2. The maximum Gasteiger partial charge on any atom is 0.407 e. The summed E-state index contributed by atoms with van der Waals surface area (Å²) in [6.07, 6.45) is 5.64. The van der Waals surface area contributed by atoms with Crippen molar-refractivity contribution in [3.63, 3.8) is 0 Å². The van der Waals surface area contributed by atoms with E-state index in [-0.39, 0.29) is 0 Å². The number of carbonyl (C=O) groups excluding carboxylic acids is 1. The number of aliphatic hydroxyl groups excluding tert-OH is 1. The van der Waals surface area contributed by atoms with Crippen molar-refractivity contribution in [1.82, 2.24) is 10.2 Å². The first kappa shape index (κ1) is 22.7. The number of nitrogens with zero attached hydrogens (tertiary/aromatic N) is 1. The van der Waals surface area contributed by atoms with Crippen LogP contribution in [0.1, 0.15) is 57.1 Å². The van der Waals surface area contributed by atoms with Crippen LogP contribution in [-0.2, 0) is 9.47 Å². The summed E-state index contributed by atoms with van der Waals surface area (Å²) in [4.78, 5) is 14.5. The molecule has 0 aromatic heterocycles. The Kier molecular flexibility index (Phi) is 10.9. The van der Waals surface area contributed by atoms with Crippen molar-refractivity contribution in [1.29, 1.82) is 0 Å². The fraction of sp³-hybridized carbons (Fsp3) is 0.682. The number of rotatable bonds is 12. The predicted molar refractivity (Wildman–Crippen MR) is 110 cm³/mol. The number of carbonyl (C=O) groups is 1. The highest BCUT2D eigenvalue weighted by atomic mass is 16.5.